The van der Waals surface area contributed by atoms with Gasteiger partial charge >= 0.3 is 0 Å². The number of amides is 2. The van der Waals surface area contributed by atoms with Gasteiger partial charge in [-0.15, -0.1) is 11.3 Å². The van der Waals surface area contributed by atoms with E-state index in [0.717, 1.165) is 18.5 Å². The third-order valence-electron chi connectivity index (χ3n) is 5.77. The number of anilines is 1. The van der Waals surface area contributed by atoms with Crippen LogP contribution in [0.4, 0.5) is 10.1 Å². The highest BCUT2D eigenvalue weighted by Gasteiger charge is 2.35. The first-order valence-electron chi connectivity index (χ1n) is 10.9. The minimum absolute atomic E-state index is 0.0249. The molecule has 1 unspecified atom stereocenters. The number of benzene rings is 1. The van der Waals surface area contributed by atoms with Gasteiger partial charge in [-0.2, -0.15) is 0 Å². The first kappa shape index (κ1) is 24.1. The van der Waals surface area contributed by atoms with E-state index in [-0.39, 0.29) is 23.5 Å². The molecular formula is C23H29FN4O2S2. The van der Waals surface area contributed by atoms with Gasteiger partial charge in [-0.05, 0) is 80.5 Å². The fraction of sp³-hybridized carbons (Fsp3) is 0.435. The second-order valence-corrected chi connectivity index (χ2v) is 9.03. The van der Waals surface area contributed by atoms with E-state index in [2.05, 4.69) is 15.5 Å². The summed E-state index contributed by atoms with van der Waals surface area (Å²) in [6.07, 6.45) is 1.46. The Morgan fingerprint density at radius 2 is 1.84 bits per heavy atom. The second kappa shape index (κ2) is 11.4. The van der Waals surface area contributed by atoms with Gasteiger partial charge in [0, 0.05) is 31.9 Å². The fourth-order valence-corrected chi connectivity index (χ4v) is 4.83. The smallest absolute Gasteiger partial charge is 0.262 e. The van der Waals surface area contributed by atoms with Crippen LogP contribution < -0.4 is 10.6 Å². The molecule has 2 amide bonds. The van der Waals surface area contributed by atoms with E-state index < -0.39 is 6.04 Å². The second-order valence-electron chi connectivity index (χ2n) is 7.70. The van der Waals surface area contributed by atoms with Crippen molar-refractivity contribution < 1.29 is 14.0 Å². The number of hydrogen-bond acceptors (Lipinski definition) is 4. The van der Waals surface area contributed by atoms with Crippen LogP contribution in [0, 0.1) is 11.7 Å². The molecule has 2 heterocycles. The Bertz CT molecular complexity index is 909. The highest BCUT2D eigenvalue weighted by atomic mass is 32.1. The highest BCUT2D eigenvalue weighted by Crippen LogP contribution is 2.24. The van der Waals surface area contributed by atoms with E-state index >= 15 is 0 Å². The molecule has 6 nitrogen and oxygen atoms in total. The lowest BCUT2D eigenvalue weighted by Gasteiger charge is -2.38. The van der Waals surface area contributed by atoms with Crippen molar-refractivity contribution in [3.63, 3.8) is 0 Å². The van der Waals surface area contributed by atoms with Gasteiger partial charge < -0.3 is 20.4 Å². The van der Waals surface area contributed by atoms with Crippen LogP contribution in [0.15, 0.2) is 41.8 Å². The zero-order chi connectivity index (χ0) is 23.1. The van der Waals surface area contributed by atoms with Crippen LogP contribution in [0.2, 0.25) is 0 Å². The predicted molar refractivity (Wildman–Crippen MR) is 130 cm³/mol. The average molecular weight is 477 g/mol. The zero-order valence-corrected chi connectivity index (χ0v) is 20.0. The minimum Gasteiger partial charge on any atom is -0.349 e. The molecule has 1 aromatic heterocycles. The van der Waals surface area contributed by atoms with Crippen LogP contribution in [0.5, 0.6) is 0 Å². The molecule has 2 aromatic rings. The maximum absolute atomic E-state index is 13.2. The van der Waals surface area contributed by atoms with Crippen molar-refractivity contribution in [1.29, 1.82) is 0 Å². The van der Waals surface area contributed by atoms with E-state index in [9.17, 15) is 14.0 Å². The Kier molecular flexibility index (Phi) is 8.58. The molecular weight excluding hydrogens is 447 g/mol. The number of rotatable bonds is 7. The lowest BCUT2D eigenvalue weighted by atomic mass is 9.88. The summed E-state index contributed by atoms with van der Waals surface area (Å²) >= 11 is 6.89. The lowest BCUT2D eigenvalue weighted by Crippen LogP contribution is -2.55. The number of piperidine rings is 1. The summed E-state index contributed by atoms with van der Waals surface area (Å²) in [6.45, 7) is 6.45. The Balaban J connectivity index is 1.64. The number of nitrogens with one attached hydrogen (secondary N) is 2. The summed E-state index contributed by atoms with van der Waals surface area (Å²) in [5, 5.41) is 8.57. The molecule has 2 N–H and O–H groups in total. The van der Waals surface area contributed by atoms with E-state index in [0.29, 0.717) is 36.2 Å². The molecule has 0 radical (unpaired) electrons. The number of likely N-dealkylation sites (N-methyl/N-ethyl adjacent to an activating group) is 1. The van der Waals surface area contributed by atoms with Gasteiger partial charge in [-0.3, -0.25) is 9.59 Å². The van der Waals surface area contributed by atoms with Crippen LogP contribution in [-0.4, -0.2) is 58.9 Å². The molecule has 32 heavy (non-hydrogen) atoms. The van der Waals surface area contributed by atoms with E-state index in [4.69, 9.17) is 12.2 Å². The average Bonchev–Trinajstić information content (AvgIpc) is 3.35. The lowest BCUT2D eigenvalue weighted by molar-refractivity contribution is -0.134. The van der Waals surface area contributed by atoms with Crippen LogP contribution in [0.1, 0.15) is 36.4 Å². The van der Waals surface area contributed by atoms with E-state index in [1.165, 1.54) is 23.5 Å². The van der Waals surface area contributed by atoms with Gasteiger partial charge in [-0.25, -0.2) is 4.39 Å². The number of halogens is 1. The Morgan fingerprint density at radius 3 is 2.41 bits per heavy atom. The van der Waals surface area contributed by atoms with Crippen molar-refractivity contribution in [3.8, 4) is 0 Å². The Labute approximate surface area is 197 Å². The van der Waals surface area contributed by atoms with Gasteiger partial charge in [0.25, 0.3) is 5.91 Å². The summed E-state index contributed by atoms with van der Waals surface area (Å²) in [5.41, 5.74) is 0.733. The molecule has 1 saturated heterocycles. The zero-order valence-electron chi connectivity index (χ0n) is 18.3. The first-order valence-corrected chi connectivity index (χ1v) is 12.2. The van der Waals surface area contributed by atoms with Crippen molar-refractivity contribution in [3.05, 3.63) is 52.5 Å². The molecule has 1 fully saturated rings. The largest absolute Gasteiger partial charge is 0.349 e. The van der Waals surface area contributed by atoms with Crippen molar-refractivity contribution in [2.75, 3.05) is 31.5 Å². The molecule has 0 spiro atoms. The van der Waals surface area contributed by atoms with Crippen LogP contribution in [-0.2, 0) is 4.79 Å². The quantitative estimate of drug-likeness (QED) is 0.592. The molecule has 1 aliphatic heterocycles. The van der Waals surface area contributed by atoms with E-state index in [1.54, 1.807) is 23.1 Å². The van der Waals surface area contributed by atoms with Gasteiger partial charge in [0.2, 0.25) is 5.91 Å². The third kappa shape index (κ3) is 6.04. The SMILES string of the molecule is CCN(CC)C(=O)C(NC(=O)c1cccs1)C1CCN(C(=S)Nc2ccc(F)cc2)CC1. The number of hydrogen-bond donors (Lipinski definition) is 2. The van der Waals surface area contributed by atoms with Crippen molar-refractivity contribution >= 4 is 46.2 Å². The molecule has 9 heteroatoms. The Hall–Kier alpha value is -2.52. The number of nitrogens with zero attached hydrogens (tertiary/aromatic N) is 2. The summed E-state index contributed by atoms with van der Waals surface area (Å²) in [7, 11) is 0. The fourth-order valence-electron chi connectivity index (χ4n) is 3.90. The third-order valence-corrected chi connectivity index (χ3v) is 7.00. The maximum atomic E-state index is 13.2. The van der Waals surface area contributed by atoms with Gasteiger partial charge in [-0.1, -0.05) is 6.07 Å². The number of carbonyl (C=O) groups is 2. The molecule has 1 aliphatic rings. The minimum atomic E-state index is -0.565. The molecule has 0 bridgehead atoms. The topological polar surface area (TPSA) is 64.7 Å². The molecule has 0 saturated carbocycles. The summed E-state index contributed by atoms with van der Waals surface area (Å²) in [4.78, 5) is 30.4. The predicted octanol–water partition coefficient (Wildman–Crippen LogP) is 3.96. The van der Waals surface area contributed by atoms with Crippen LogP contribution in [0.3, 0.4) is 0 Å². The van der Waals surface area contributed by atoms with E-state index in [1.807, 2.05) is 25.3 Å². The van der Waals surface area contributed by atoms with Gasteiger partial charge in [0.05, 0.1) is 4.88 Å². The van der Waals surface area contributed by atoms with Crippen LogP contribution in [0.25, 0.3) is 0 Å². The first-order chi connectivity index (χ1) is 15.4. The number of thiophene rings is 1. The molecule has 1 aromatic carbocycles. The van der Waals surface area contributed by atoms with Crippen molar-refractivity contribution in [1.82, 2.24) is 15.1 Å². The summed E-state index contributed by atoms with van der Waals surface area (Å²) in [5.74, 6) is -0.514. The van der Waals surface area contributed by atoms with Crippen molar-refractivity contribution in [2.45, 2.75) is 32.7 Å². The maximum Gasteiger partial charge on any atom is 0.262 e. The number of carbonyl (C=O) groups excluding carboxylic acids is 2. The molecule has 3 rings (SSSR count). The van der Waals surface area contributed by atoms with Crippen LogP contribution >= 0.6 is 23.6 Å². The number of thiocarbonyl (C=S) groups is 1. The van der Waals surface area contributed by atoms with Gasteiger partial charge in [0.1, 0.15) is 11.9 Å². The Morgan fingerprint density at radius 1 is 1.19 bits per heavy atom. The summed E-state index contributed by atoms with van der Waals surface area (Å²) in [6, 6.07) is 9.09. The molecule has 1 atom stereocenters. The van der Waals surface area contributed by atoms with Crippen molar-refractivity contribution in [2.24, 2.45) is 5.92 Å². The molecule has 0 aliphatic carbocycles. The standard InChI is InChI=1S/C23H29FN4O2S2/c1-3-27(4-2)22(30)20(26-21(29)19-6-5-15-32-19)16-11-13-28(14-12-16)23(31)25-18-9-7-17(24)8-10-18/h5-10,15-16,20H,3-4,11-14H2,1-2H3,(H,25,31)(H,26,29). The highest BCUT2D eigenvalue weighted by molar-refractivity contribution is 7.80. The normalized spacial score (nSPS) is 15.2. The monoisotopic (exact) mass is 476 g/mol. The summed E-state index contributed by atoms with van der Waals surface area (Å²) < 4.78 is 13.1. The number of likely N-dealkylation sites (tertiary alicyclic amines) is 1. The molecule has 172 valence electrons. The van der Waals surface area contributed by atoms with Gasteiger partial charge in [0.15, 0.2) is 5.11 Å².